The summed E-state index contributed by atoms with van der Waals surface area (Å²) in [6, 6.07) is 20.4. The summed E-state index contributed by atoms with van der Waals surface area (Å²) in [6.45, 7) is 3.89. The van der Waals surface area contributed by atoms with E-state index in [1.54, 1.807) is 23.3 Å². The molecule has 0 radical (unpaired) electrons. The van der Waals surface area contributed by atoms with E-state index in [-0.39, 0.29) is 11.8 Å². The van der Waals surface area contributed by atoms with E-state index in [1.807, 2.05) is 62.4 Å². The number of amides is 2. The molecule has 2 saturated heterocycles. The molecule has 2 aliphatic rings. The highest BCUT2D eigenvalue weighted by atomic mass is 79.9. The molecule has 2 heterocycles. The van der Waals surface area contributed by atoms with Crippen molar-refractivity contribution in [3.63, 3.8) is 0 Å². The van der Waals surface area contributed by atoms with Gasteiger partial charge in [0.15, 0.2) is 6.10 Å². The lowest BCUT2D eigenvalue weighted by Gasteiger charge is -2.29. The Kier molecular flexibility index (Phi) is 5.32. The van der Waals surface area contributed by atoms with E-state index in [9.17, 15) is 9.59 Å². The smallest absolute Gasteiger partial charge is 0.266 e. The number of carbonyl (C=O) groups excluding carboxylic acids is 2. The maximum Gasteiger partial charge on any atom is 0.266 e. The first-order valence-corrected chi connectivity index (χ1v) is 11.4. The van der Waals surface area contributed by atoms with Crippen LogP contribution in [-0.2, 0) is 14.4 Å². The highest BCUT2D eigenvalue weighted by molar-refractivity contribution is 9.10. The second-order valence-electron chi connectivity index (χ2n) is 8.16. The fraction of sp³-hybridized carbons (Fsp3) is 0.200. The molecule has 0 saturated carbocycles. The number of aryl methyl sites for hydroxylation is 2. The van der Waals surface area contributed by atoms with E-state index in [0.717, 1.165) is 26.9 Å². The van der Waals surface area contributed by atoms with Gasteiger partial charge in [-0.3, -0.25) is 14.4 Å². The van der Waals surface area contributed by atoms with Crippen molar-refractivity contribution in [3.05, 3.63) is 92.9 Å². The number of anilines is 2. The lowest BCUT2D eigenvalue weighted by atomic mass is 9.90. The highest BCUT2D eigenvalue weighted by Gasteiger charge is 2.60. The number of nitrogens with zero attached hydrogens (tertiary/aromatic N) is 2. The van der Waals surface area contributed by atoms with Crippen LogP contribution in [-0.4, -0.2) is 17.9 Å². The number of imide groups is 1. The monoisotopic (exact) mass is 510 g/mol. The van der Waals surface area contributed by atoms with E-state index in [1.165, 1.54) is 4.90 Å². The van der Waals surface area contributed by atoms with Gasteiger partial charge in [-0.25, -0.2) is 9.96 Å². The van der Waals surface area contributed by atoms with Crippen LogP contribution in [0.3, 0.4) is 0 Å². The van der Waals surface area contributed by atoms with Crippen LogP contribution in [0.5, 0.6) is 0 Å². The molecule has 7 heteroatoms. The summed E-state index contributed by atoms with van der Waals surface area (Å²) in [5, 5.41) is 2.20. The van der Waals surface area contributed by atoms with Crippen LogP contribution < -0.4 is 9.96 Å². The van der Waals surface area contributed by atoms with Crippen LogP contribution in [0.15, 0.2) is 71.2 Å². The summed E-state index contributed by atoms with van der Waals surface area (Å²) in [5.74, 6) is -1.35. The van der Waals surface area contributed by atoms with Crippen molar-refractivity contribution < 1.29 is 14.4 Å². The third kappa shape index (κ3) is 3.43. The van der Waals surface area contributed by atoms with Crippen molar-refractivity contribution in [3.8, 4) is 0 Å². The number of rotatable bonds is 3. The zero-order chi connectivity index (χ0) is 22.6. The van der Waals surface area contributed by atoms with Crippen LogP contribution in [0, 0.1) is 19.8 Å². The average Bonchev–Trinajstić information content (AvgIpc) is 3.27. The normalized spacial score (nSPS) is 22.6. The molecule has 5 nitrogen and oxygen atoms in total. The topological polar surface area (TPSA) is 49.9 Å². The van der Waals surface area contributed by atoms with E-state index in [2.05, 4.69) is 15.9 Å². The molecule has 0 N–H and O–H groups in total. The highest BCUT2D eigenvalue weighted by Crippen LogP contribution is 2.48. The first-order chi connectivity index (χ1) is 15.3. The molecule has 3 unspecified atom stereocenters. The van der Waals surface area contributed by atoms with Crippen LogP contribution in [0.2, 0.25) is 5.02 Å². The minimum atomic E-state index is -0.909. The first-order valence-electron chi connectivity index (χ1n) is 10.3. The molecule has 2 amide bonds. The number of carbonyl (C=O) groups is 2. The van der Waals surface area contributed by atoms with Crippen molar-refractivity contribution in [1.29, 1.82) is 0 Å². The third-order valence-corrected chi connectivity index (χ3v) is 6.91. The van der Waals surface area contributed by atoms with Crippen LogP contribution in [0.1, 0.15) is 22.7 Å². The fourth-order valence-electron chi connectivity index (χ4n) is 4.33. The van der Waals surface area contributed by atoms with E-state index in [0.29, 0.717) is 10.7 Å². The van der Waals surface area contributed by atoms with Gasteiger partial charge in [0.1, 0.15) is 5.92 Å². The van der Waals surface area contributed by atoms with Crippen molar-refractivity contribution in [2.75, 3.05) is 9.96 Å². The number of fused-ring (bicyclic) bond motifs is 1. The van der Waals surface area contributed by atoms with E-state index in [4.69, 9.17) is 16.4 Å². The Balaban J connectivity index is 1.59. The molecule has 2 aliphatic heterocycles. The van der Waals surface area contributed by atoms with Crippen molar-refractivity contribution in [1.82, 2.24) is 0 Å². The Morgan fingerprint density at radius 1 is 0.906 bits per heavy atom. The zero-order valence-corrected chi connectivity index (χ0v) is 19.8. The van der Waals surface area contributed by atoms with Crippen LogP contribution in [0.25, 0.3) is 0 Å². The minimum Gasteiger partial charge on any atom is -0.273 e. The third-order valence-electron chi connectivity index (χ3n) is 6.01. The molecule has 3 aromatic carbocycles. The summed E-state index contributed by atoms with van der Waals surface area (Å²) in [5.41, 5.74) is 4.13. The maximum absolute atomic E-state index is 13.6. The number of hydroxylamine groups is 1. The van der Waals surface area contributed by atoms with Gasteiger partial charge in [0.05, 0.1) is 17.4 Å². The maximum atomic E-state index is 13.6. The number of halogens is 2. The van der Waals surface area contributed by atoms with Crippen molar-refractivity contribution in [2.45, 2.75) is 26.0 Å². The predicted octanol–water partition coefficient (Wildman–Crippen LogP) is 5.77. The molecular weight excluding hydrogens is 492 g/mol. The molecular formula is C25H20BrClN2O3. The van der Waals surface area contributed by atoms with Crippen molar-refractivity contribution >= 4 is 50.7 Å². The number of hydrogen-bond donors (Lipinski definition) is 0. The van der Waals surface area contributed by atoms with Gasteiger partial charge in [0.2, 0.25) is 5.91 Å². The Bertz CT molecular complexity index is 1230. The molecule has 0 spiro atoms. The zero-order valence-electron chi connectivity index (χ0n) is 17.5. The van der Waals surface area contributed by atoms with Gasteiger partial charge in [0.25, 0.3) is 5.91 Å². The van der Waals surface area contributed by atoms with Gasteiger partial charge in [0, 0.05) is 9.50 Å². The quantitative estimate of drug-likeness (QED) is 0.419. The SMILES string of the molecule is Cc1ccc(C2C3C(=O)N(c4ccc(C)c(Cl)c4)C(=O)C3ON2c2cccc(Br)c2)cc1. The van der Waals surface area contributed by atoms with Gasteiger partial charge in [-0.05, 0) is 55.3 Å². The minimum absolute atomic E-state index is 0.289. The van der Waals surface area contributed by atoms with E-state index >= 15 is 0 Å². The van der Waals surface area contributed by atoms with E-state index < -0.39 is 18.1 Å². The van der Waals surface area contributed by atoms with Gasteiger partial charge in [-0.1, -0.05) is 69.5 Å². The summed E-state index contributed by atoms with van der Waals surface area (Å²) in [6.07, 6.45) is -0.909. The molecule has 0 aromatic heterocycles. The average molecular weight is 512 g/mol. The second kappa shape index (κ2) is 8.03. The molecule has 0 bridgehead atoms. The summed E-state index contributed by atoms with van der Waals surface area (Å²) >= 11 is 9.77. The van der Waals surface area contributed by atoms with Crippen molar-refractivity contribution in [2.24, 2.45) is 5.92 Å². The largest absolute Gasteiger partial charge is 0.273 e. The number of benzene rings is 3. The molecule has 32 heavy (non-hydrogen) atoms. The molecule has 0 aliphatic carbocycles. The molecule has 162 valence electrons. The Labute approximate surface area is 199 Å². The fourth-order valence-corrected chi connectivity index (χ4v) is 4.89. The van der Waals surface area contributed by atoms with Gasteiger partial charge in [-0.15, -0.1) is 0 Å². The second-order valence-corrected chi connectivity index (χ2v) is 9.48. The summed E-state index contributed by atoms with van der Waals surface area (Å²) in [4.78, 5) is 34.4. The van der Waals surface area contributed by atoms with Gasteiger partial charge in [-0.2, -0.15) is 0 Å². The predicted molar refractivity (Wildman–Crippen MR) is 128 cm³/mol. The molecule has 3 atom stereocenters. The molecule has 5 rings (SSSR count). The van der Waals surface area contributed by atoms with Gasteiger partial charge >= 0.3 is 0 Å². The number of hydrogen-bond acceptors (Lipinski definition) is 4. The summed E-state index contributed by atoms with van der Waals surface area (Å²) in [7, 11) is 0. The van der Waals surface area contributed by atoms with Gasteiger partial charge < -0.3 is 0 Å². The Hall–Kier alpha value is -2.67. The Morgan fingerprint density at radius 2 is 1.66 bits per heavy atom. The summed E-state index contributed by atoms with van der Waals surface area (Å²) < 4.78 is 0.881. The van der Waals surface area contributed by atoms with Crippen LogP contribution in [0.4, 0.5) is 11.4 Å². The molecule has 3 aromatic rings. The lowest BCUT2D eigenvalue weighted by molar-refractivity contribution is -0.126. The first kappa shape index (κ1) is 21.2. The molecule has 2 fully saturated rings. The standard InChI is InChI=1S/C25H20BrClN2O3/c1-14-6-9-16(10-7-14)22-21-23(32-29(22)19-5-3-4-17(26)12-19)25(31)28(24(21)30)18-11-8-15(2)20(27)13-18/h3-13,21-23H,1-2H3. The Morgan fingerprint density at radius 3 is 2.34 bits per heavy atom. The lowest BCUT2D eigenvalue weighted by Crippen LogP contribution is -2.37. The van der Waals surface area contributed by atoms with Crippen LogP contribution >= 0.6 is 27.5 Å².